The van der Waals surface area contributed by atoms with Crippen LogP contribution in [-0.4, -0.2) is 20.9 Å². The van der Waals surface area contributed by atoms with Crippen molar-refractivity contribution in [3.05, 3.63) is 72.6 Å². The third-order valence-corrected chi connectivity index (χ3v) is 3.07. The van der Waals surface area contributed by atoms with E-state index >= 15 is 0 Å². The molecule has 1 heterocycles. The average molecular weight is 312 g/mol. The summed E-state index contributed by atoms with van der Waals surface area (Å²) in [6, 6.07) is 13.5. The van der Waals surface area contributed by atoms with E-state index in [0.717, 1.165) is 5.56 Å². The summed E-state index contributed by atoms with van der Waals surface area (Å²) in [5, 5.41) is 6.33. The third kappa shape index (κ3) is 3.70. The predicted molar refractivity (Wildman–Crippen MR) is 81.6 cm³/mol. The minimum absolute atomic E-state index is 0.145. The van der Waals surface area contributed by atoms with Crippen LogP contribution >= 0.6 is 0 Å². The summed E-state index contributed by atoms with van der Waals surface area (Å²) in [5.74, 6) is -0.531. The first-order valence-electron chi connectivity index (χ1n) is 6.84. The second-order valence-corrected chi connectivity index (χ2v) is 4.69. The van der Waals surface area contributed by atoms with Gasteiger partial charge in [0.2, 0.25) is 0 Å². The van der Waals surface area contributed by atoms with Crippen molar-refractivity contribution in [3.63, 3.8) is 0 Å². The van der Waals surface area contributed by atoms with E-state index in [1.54, 1.807) is 6.07 Å². The molecule has 3 rings (SSSR count). The van der Waals surface area contributed by atoms with Crippen LogP contribution in [0.15, 0.2) is 61.2 Å². The zero-order valence-electron chi connectivity index (χ0n) is 12.0. The molecule has 23 heavy (non-hydrogen) atoms. The summed E-state index contributed by atoms with van der Waals surface area (Å²) >= 11 is 0. The highest BCUT2D eigenvalue weighted by Crippen LogP contribution is 2.17. The van der Waals surface area contributed by atoms with Crippen LogP contribution in [0.5, 0.6) is 0 Å². The van der Waals surface area contributed by atoms with Gasteiger partial charge in [0.15, 0.2) is 5.82 Å². The van der Waals surface area contributed by atoms with Crippen LogP contribution < -0.4 is 5.32 Å². The summed E-state index contributed by atoms with van der Waals surface area (Å²) < 4.78 is 20.4. The fraction of sp³-hybridized carbons (Fsp3) is 0.0625. The van der Waals surface area contributed by atoms with Crippen molar-refractivity contribution in [2.75, 3.05) is 5.32 Å². The number of hydrogen-bond acceptors (Lipinski definition) is 4. The van der Waals surface area contributed by atoms with E-state index in [4.69, 9.17) is 4.74 Å². The molecule has 6 nitrogen and oxygen atoms in total. The largest absolute Gasteiger partial charge is 0.444 e. The highest BCUT2D eigenvalue weighted by molar-refractivity contribution is 5.84. The molecule has 116 valence electrons. The zero-order valence-corrected chi connectivity index (χ0v) is 12.0. The van der Waals surface area contributed by atoms with Gasteiger partial charge in [-0.25, -0.2) is 18.9 Å². The molecule has 0 saturated carbocycles. The number of nitrogens with zero attached hydrogens (tertiary/aromatic N) is 3. The lowest BCUT2D eigenvalue weighted by Crippen LogP contribution is -2.14. The molecule has 0 spiro atoms. The monoisotopic (exact) mass is 312 g/mol. The van der Waals surface area contributed by atoms with Crippen molar-refractivity contribution in [2.24, 2.45) is 0 Å². The Morgan fingerprint density at radius 2 is 2.04 bits per heavy atom. The van der Waals surface area contributed by atoms with Crippen molar-refractivity contribution in [1.29, 1.82) is 0 Å². The molecular weight excluding hydrogens is 299 g/mol. The number of carbonyl (C=O) groups excluding carboxylic acids is 1. The Labute approximate surface area is 131 Å². The van der Waals surface area contributed by atoms with Crippen LogP contribution in [0.4, 0.5) is 14.9 Å². The van der Waals surface area contributed by atoms with Crippen LogP contribution in [-0.2, 0) is 11.3 Å². The fourth-order valence-corrected chi connectivity index (χ4v) is 1.98. The Balaban J connectivity index is 1.62. The van der Waals surface area contributed by atoms with Crippen molar-refractivity contribution in [1.82, 2.24) is 14.8 Å². The Hall–Kier alpha value is -3.22. The van der Waals surface area contributed by atoms with Crippen LogP contribution in [0, 0.1) is 5.82 Å². The summed E-state index contributed by atoms with van der Waals surface area (Å²) in [6.07, 6.45) is 2.05. The average Bonchev–Trinajstić information content (AvgIpc) is 3.08. The molecule has 0 aliphatic carbocycles. The Kier molecular flexibility index (Phi) is 4.28. The van der Waals surface area contributed by atoms with E-state index in [0.29, 0.717) is 5.69 Å². The maximum absolute atomic E-state index is 14.0. The Morgan fingerprint density at radius 3 is 2.74 bits per heavy atom. The molecule has 7 heteroatoms. The van der Waals surface area contributed by atoms with E-state index in [9.17, 15) is 9.18 Å². The van der Waals surface area contributed by atoms with Crippen LogP contribution in [0.1, 0.15) is 5.56 Å². The lowest BCUT2D eigenvalue weighted by molar-refractivity contribution is 0.155. The van der Waals surface area contributed by atoms with E-state index in [1.165, 1.54) is 29.5 Å². The third-order valence-electron chi connectivity index (χ3n) is 3.07. The maximum Gasteiger partial charge on any atom is 0.411 e. The number of carbonyl (C=O) groups is 1. The fourth-order valence-electron chi connectivity index (χ4n) is 1.98. The molecule has 0 atom stereocenters. The summed E-state index contributed by atoms with van der Waals surface area (Å²) in [6.45, 7) is 0.145. The molecule has 0 bridgehead atoms. The van der Waals surface area contributed by atoms with Crippen molar-refractivity contribution < 1.29 is 13.9 Å². The lowest BCUT2D eigenvalue weighted by atomic mass is 10.2. The molecule has 3 aromatic rings. The second-order valence-electron chi connectivity index (χ2n) is 4.69. The van der Waals surface area contributed by atoms with E-state index in [-0.39, 0.29) is 12.3 Å². The van der Waals surface area contributed by atoms with E-state index < -0.39 is 11.9 Å². The summed E-state index contributed by atoms with van der Waals surface area (Å²) in [7, 11) is 0. The minimum atomic E-state index is -0.651. The van der Waals surface area contributed by atoms with Gasteiger partial charge in [-0.1, -0.05) is 30.3 Å². The number of ether oxygens (including phenoxy) is 1. The van der Waals surface area contributed by atoms with Gasteiger partial charge < -0.3 is 4.74 Å². The first-order chi connectivity index (χ1) is 11.2. The van der Waals surface area contributed by atoms with Crippen LogP contribution in [0.25, 0.3) is 5.69 Å². The van der Waals surface area contributed by atoms with Gasteiger partial charge in [0, 0.05) is 5.69 Å². The molecule has 0 radical (unpaired) electrons. The van der Waals surface area contributed by atoms with Crippen molar-refractivity contribution in [2.45, 2.75) is 6.61 Å². The smallest absolute Gasteiger partial charge is 0.411 e. The van der Waals surface area contributed by atoms with Gasteiger partial charge in [0.1, 0.15) is 24.9 Å². The number of nitrogens with one attached hydrogen (secondary N) is 1. The van der Waals surface area contributed by atoms with Gasteiger partial charge in [-0.2, -0.15) is 5.10 Å². The van der Waals surface area contributed by atoms with Gasteiger partial charge in [-0.05, 0) is 23.8 Å². The molecule has 0 saturated heterocycles. The first kappa shape index (κ1) is 14.7. The standard InChI is InChI=1S/C16H13FN4O2/c17-14-8-13(6-7-15(14)21-11-18-10-19-21)20-16(22)23-9-12-4-2-1-3-5-12/h1-8,10-11H,9H2,(H,20,22). The molecule has 0 aliphatic rings. The number of benzene rings is 2. The first-order valence-corrected chi connectivity index (χ1v) is 6.84. The van der Waals surface area contributed by atoms with Crippen LogP contribution in [0.2, 0.25) is 0 Å². The normalized spacial score (nSPS) is 10.3. The zero-order chi connectivity index (χ0) is 16.1. The van der Waals surface area contributed by atoms with E-state index in [2.05, 4.69) is 15.4 Å². The lowest BCUT2D eigenvalue weighted by Gasteiger charge is -2.09. The van der Waals surface area contributed by atoms with Crippen LogP contribution in [0.3, 0.4) is 0 Å². The maximum atomic E-state index is 14.0. The number of anilines is 1. The molecule has 1 N–H and O–H groups in total. The molecular formula is C16H13FN4O2. The second kappa shape index (κ2) is 6.69. The molecule has 1 amide bonds. The van der Waals surface area contributed by atoms with Gasteiger partial charge in [0.05, 0.1) is 0 Å². The molecule has 2 aromatic carbocycles. The topological polar surface area (TPSA) is 69.0 Å². The van der Waals surface area contributed by atoms with E-state index in [1.807, 2.05) is 30.3 Å². The highest BCUT2D eigenvalue weighted by atomic mass is 19.1. The van der Waals surface area contributed by atoms with Crippen molar-refractivity contribution >= 4 is 11.8 Å². The van der Waals surface area contributed by atoms with Gasteiger partial charge in [-0.15, -0.1) is 0 Å². The molecule has 0 aliphatic heterocycles. The van der Waals surface area contributed by atoms with Crippen molar-refractivity contribution in [3.8, 4) is 5.69 Å². The van der Waals surface area contributed by atoms with Gasteiger partial charge in [-0.3, -0.25) is 5.32 Å². The number of hydrogen-bond donors (Lipinski definition) is 1. The molecule has 0 fully saturated rings. The SMILES string of the molecule is O=C(Nc1ccc(-n2cncn2)c(F)c1)OCc1ccccc1. The predicted octanol–water partition coefficient (Wildman–Crippen LogP) is 3.16. The molecule has 0 unspecified atom stereocenters. The summed E-state index contributed by atoms with van der Waals surface area (Å²) in [4.78, 5) is 15.5. The summed E-state index contributed by atoms with van der Waals surface area (Å²) in [5.41, 5.74) is 1.41. The number of rotatable bonds is 4. The van der Waals surface area contributed by atoms with Gasteiger partial charge in [0.25, 0.3) is 0 Å². The van der Waals surface area contributed by atoms with Gasteiger partial charge >= 0.3 is 6.09 Å². The molecule has 1 aromatic heterocycles. The number of aromatic nitrogens is 3. The number of halogens is 1. The highest BCUT2D eigenvalue weighted by Gasteiger charge is 2.09. The quantitative estimate of drug-likeness (QED) is 0.803. The Bertz CT molecular complexity index is 791. The minimum Gasteiger partial charge on any atom is -0.444 e. The number of amides is 1. The Morgan fingerprint density at radius 1 is 1.22 bits per heavy atom.